The van der Waals surface area contributed by atoms with E-state index >= 15 is 0 Å². The van der Waals surface area contributed by atoms with Crippen molar-refractivity contribution in [2.24, 2.45) is 5.73 Å². The number of hydrogen-bond donors (Lipinski definition) is 1. The van der Waals surface area contributed by atoms with Crippen LogP contribution in [0.3, 0.4) is 0 Å². The highest BCUT2D eigenvalue weighted by Gasteiger charge is 2.15. The van der Waals surface area contributed by atoms with Crippen LogP contribution in [0.5, 0.6) is 5.75 Å². The zero-order valence-electron chi connectivity index (χ0n) is 9.99. The Bertz CT molecular complexity index is 414. The first-order valence-corrected chi connectivity index (χ1v) is 6.17. The molecule has 6 heteroatoms. The summed E-state index contributed by atoms with van der Waals surface area (Å²) in [7, 11) is 1.29. The summed E-state index contributed by atoms with van der Waals surface area (Å²) in [5.74, 6) is 0.0651. The Balaban J connectivity index is 2.76. The number of alkyl halides is 1. The molecule has 0 aliphatic rings. The first-order valence-electron chi connectivity index (χ1n) is 5.38. The molecule has 100 valence electrons. The largest absolute Gasteiger partial charge is 0.491 e. The minimum absolute atomic E-state index is 0.00104. The molecular formula is C12H15BrFNO3. The molecule has 0 heterocycles. The minimum atomic E-state index is -0.724. The Labute approximate surface area is 113 Å². The fraction of sp³-hybridized carbons (Fsp3) is 0.417. The van der Waals surface area contributed by atoms with Crippen molar-refractivity contribution in [3.05, 3.63) is 28.2 Å². The number of benzene rings is 1. The monoisotopic (exact) mass is 319 g/mol. The second-order valence-corrected chi connectivity index (χ2v) is 4.58. The van der Waals surface area contributed by atoms with Gasteiger partial charge in [-0.15, -0.1) is 0 Å². The summed E-state index contributed by atoms with van der Waals surface area (Å²) in [5, 5.41) is 0. The third kappa shape index (κ3) is 4.62. The van der Waals surface area contributed by atoms with Gasteiger partial charge in [-0.25, -0.2) is 4.39 Å². The van der Waals surface area contributed by atoms with Gasteiger partial charge in [0.05, 0.1) is 7.11 Å². The summed E-state index contributed by atoms with van der Waals surface area (Å²) in [6, 6.07) is 4.55. The van der Waals surface area contributed by atoms with Crippen molar-refractivity contribution in [3.63, 3.8) is 0 Å². The second kappa shape index (κ2) is 7.33. The number of carbonyl (C=O) groups excluding carboxylic acids is 1. The average Bonchev–Trinajstić information content (AvgIpc) is 2.34. The third-order valence-electron chi connectivity index (χ3n) is 2.24. The van der Waals surface area contributed by atoms with Gasteiger partial charge in [-0.2, -0.15) is 0 Å². The van der Waals surface area contributed by atoms with Crippen LogP contribution in [0.25, 0.3) is 0 Å². The van der Waals surface area contributed by atoms with E-state index in [4.69, 9.17) is 10.5 Å². The molecule has 0 radical (unpaired) electrons. The van der Waals surface area contributed by atoms with Gasteiger partial charge in [-0.05, 0) is 30.2 Å². The van der Waals surface area contributed by atoms with E-state index in [0.29, 0.717) is 12.2 Å². The normalized spacial score (nSPS) is 12.0. The SMILES string of the molecule is COC(=O)C(N)Cc1cc(Br)cc(OCCF)c1. The van der Waals surface area contributed by atoms with Crippen molar-refractivity contribution in [2.45, 2.75) is 12.5 Å². The van der Waals surface area contributed by atoms with Crippen LogP contribution < -0.4 is 10.5 Å². The van der Waals surface area contributed by atoms with Crippen molar-refractivity contribution in [2.75, 3.05) is 20.4 Å². The molecule has 18 heavy (non-hydrogen) atoms. The fourth-order valence-electron chi connectivity index (χ4n) is 1.47. The molecule has 1 aromatic carbocycles. The van der Waals surface area contributed by atoms with Crippen molar-refractivity contribution in [1.82, 2.24) is 0 Å². The van der Waals surface area contributed by atoms with Gasteiger partial charge in [-0.1, -0.05) is 15.9 Å². The maximum absolute atomic E-state index is 12.0. The number of ether oxygens (including phenoxy) is 2. The average molecular weight is 320 g/mol. The number of rotatable bonds is 6. The number of nitrogens with two attached hydrogens (primary N) is 1. The molecule has 1 aromatic rings. The molecule has 0 saturated heterocycles. The van der Waals surface area contributed by atoms with Crippen molar-refractivity contribution in [3.8, 4) is 5.75 Å². The number of methoxy groups -OCH3 is 1. The van der Waals surface area contributed by atoms with Gasteiger partial charge in [0.2, 0.25) is 0 Å². The molecule has 0 aromatic heterocycles. The van der Waals surface area contributed by atoms with E-state index in [1.807, 2.05) is 6.07 Å². The van der Waals surface area contributed by atoms with Gasteiger partial charge in [0.1, 0.15) is 25.1 Å². The highest BCUT2D eigenvalue weighted by Crippen LogP contribution is 2.22. The smallest absolute Gasteiger partial charge is 0.322 e. The van der Waals surface area contributed by atoms with Gasteiger partial charge in [0.25, 0.3) is 0 Å². The molecule has 0 aliphatic carbocycles. The van der Waals surface area contributed by atoms with E-state index in [1.165, 1.54) is 7.11 Å². The van der Waals surface area contributed by atoms with Gasteiger partial charge >= 0.3 is 5.97 Å². The molecule has 0 spiro atoms. The zero-order chi connectivity index (χ0) is 13.5. The first kappa shape index (κ1) is 14.9. The molecule has 4 nitrogen and oxygen atoms in total. The molecule has 1 rings (SSSR count). The minimum Gasteiger partial charge on any atom is -0.491 e. The van der Waals surface area contributed by atoms with Crippen LogP contribution in [0.2, 0.25) is 0 Å². The highest BCUT2D eigenvalue weighted by molar-refractivity contribution is 9.10. The molecule has 1 atom stereocenters. The van der Waals surface area contributed by atoms with Crippen LogP contribution >= 0.6 is 15.9 Å². The summed E-state index contributed by atoms with van der Waals surface area (Å²) in [5.41, 5.74) is 6.49. The molecule has 0 amide bonds. The highest BCUT2D eigenvalue weighted by atomic mass is 79.9. The quantitative estimate of drug-likeness (QED) is 0.813. The van der Waals surface area contributed by atoms with Gasteiger partial charge in [-0.3, -0.25) is 4.79 Å². The zero-order valence-corrected chi connectivity index (χ0v) is 11.6. The summed E-state index contributed by atoms with van der Waals surface area (Å²) in [6.45, 7) is -0.553. The summed E-state index contributed by atoms with van der Waals surface area (Å²) in [4.78, 5) is 11.2. The van der Waals surface area contributed by atoms with Crippen LogP contribution in [0.1, 0.15) is 5.56 Å². The molecule has 2 N–H and O–H groups in total. The topological polar surface area (TPSA) is 61.5 Å². The lowest BCUT2D eigenvalue weighted by Crippen LogP contribution is -2.33. The predicted octanol–water partition coefficient (Wildman–Crippen LogP) is 1.84. The van der Waals surface area contributed by atoms with Crippen molar-refractivity contribution in [1.29, 1.82) is 0 Å². The Hall–Kier alpha value is -1.14. The Morgan fingerprint density at radius 3 is 2.83 bits per heavy atom. The lowest BCUT2D eigenvalue weighted by molar-refractivity contribution is -0.142. The summed E-state index contributed by atoms with van der Waals surface area (Å²) < 4.78 is 22.5. The number of hydrogen-bond acceptors (Lipinski definition) is 4. The lowest BCUT2D eigenvalue weighted by Gasteiger charge is -2.11. The Kier molecular flexibility index (Phi) is 6.07. The standard InChI is InChI=1S/C12H15BrFNO3/c1-17-12(16)11(15)6-8-4-9(13)7-10(5-8)18-3-2-14/h4-5,7,11H,2-3,6,15H2,1H3. The third-order valence-corrected chi connectivity index (χ3v) is 2.69. The van der Waals surface area contributed by atoms with Crippen LogP contribution in [-0.4, -0.2) is 32.4 Å². The molecule has 0 fully saturated rings. The van der Waals surface area contributed by atoms with E-state index in [9.17, 15) is 9.18 Å². The Morgan fingerprint density at radius 1 is 1.50 bits per heavy atom. The van der Waals surface area contributed by atoms with Crippen molar-refractivity contribution >= 4 is 21.9 Å². The van der Waals surface area contributed by atoms with Crippen LogP contribution in [0.4, 0.5) is 4.39 Å². The van der Waals surface area contributed by atoms with E-state index in [2.05, 4.69) is 20.7 Å². The summed E-state index contributed by atoms with van der Waals surface area (Å²) in [6.07, 6.45) is 0.331. The number of carbonyl (C=O) groups is 1. The van der Waals surface area contributed by atoms with Crippen molar-refractivity contribution < 1.29 is 18.7 Å². The molecule has 0 aliphatic heterocycles. The van der Waals surface area contributed by atoms with Crippen LogP contribution in [0, 0.1) is 0 Å². The summed E-state index contributed by atoms with van der Waals surface area (Å²) >= 11 is 3.32. The molecule has 0 saturated carbocycles. The second-order valence-electron chi connectivity index (χ2n) is 3.67. The lowest BCUT2D eigenvalue weighted by atomic mass is 10.1. The Morgan fingerprint density at radius 2 is 2.22 bits per heavy atom. The van der Waals surface area contributed by atoms with E-state index < -0.39 is 18.7 Å². The number of halogens is 2. The first-order chi connectivity index (χ1) is 8.56. The predicted molar refractivity (Wildman–Crippen MR) is 69.3 cm³/mol. The molecule has 0 bridgehead atoms. The van der Waals surface area contributed by atoms with E-state index in [0.717, 1.165) is 10.0 Å². The van der Waals surface area contributed by atoms with Gasteiger partial charge in [0.15, 0.2) is 0 Å². The van der Waals surface area contributed by atoms with Crippen LogP contribution in [0.15, 0.2) is 22.7 Å². The fourth-order valence-corrected chi connectivity index (χ4v) is 1.99. The number of esters is 1. The van der Waals surface area contributed by atoms with Crippen LogP contribution in [-0.2, 0) is 16.0 Å². The van der Waals surface area contributed by atoms with E-state index in [-0.39, 0.29) is 6.61 Å². The molecule has 1 unspecified atom stereocenters. The van der Waals surface area contributed by atoms with E-state index in [1.54, 1.807) is 12.1 Å². The maximum Gasteiger partial charge on any atom is 0.322 e. The van der Waals surface area contributed by atoms with Gasteiger partial charge in [0, 0.05) is 4.47 Å². The van der Waals surface area contributed by atoms with Gasteiger partial charge < -0.3 is 15.2 Å². The molecular weight excluding hydrogens is 305 g/mol. The maximum atomic E-state index is 12.0.